The van der Waals surface area contributed by atoms with Crippen LogP contribution in [0.15, 0.2) is 46.9 Å². The molecule has 1 heterocycles. The first-order chi connectivity index (χ1) is 10.6. The highest BCUT2D eigenvalue weighted by Crippen LogP contribution is 2.28. The molecule has 1 amide bonds. The summed E-state index contributed by atoms with van der Waals surface area (Å²) < 4.78 is 5.80. The summed E-state index contributed by atoms with van der Waals surface area (Å²) >= 11 is 0. The van der Waals surface area contributed by atoms with Crippen molar-refractivity contribution in [1.82, 2.24) is 4.90 Å². The SMILES string of the molecule is C[C@@H](CO)N(C)C(=O)Cc1cc2c(ccc3ccccc32)o1. The maximum Gasteiger partial charge on any atom is 0.230 e. The second kappa shape index (κ2) is 5.81. The number of hydrogen-bond acceptors (Lipinski definition) is 3. The Morgan fingerprint density at radius 3 is 2.77 bits per heavy atom. The molecular weight excluding hydrogens is 278 g/mol. The minimum atomic E-state index is -0.197. The third kappa shape index (κ3) is 2.57. The van der Waals surface area contributed by atoms with Gasteiger partial charge in [-0.1, -0.05) is 30.3 Å². The van der Waals surface area contributed by atoms with E-state index in [-0.39, 0.29) is 25.0 Å². The van der Waals surface area contributed by atoms with E-state index in [0.717, 1.165) is 21.7 Å². The van der Waals surface area contributed by atoms with E-state index in [9.17, 15) is 4.79 Å². The van der Waals surface area contributed by atoms with Crippen LogP contribution in [0.2, 0.25) is 0 Å². The number of fused-ring (bicyclic) bond motifs is 3. The number of aliphatic hydroxyl groups excluding tert-OH is 1. The Bertz CT molecular complexity index is 821. The Morgan fingerprint density at radius 2 is 2.00 bits per heavy atom. The van der Waals surface area contributed by atoms with Gasteiger partial charge in [0.1, 0.15) is 11.3 Å². The van der Waals surface area contributed by atoms with Gasteiger partial charge < -0.3 is 14.4 Å². The van der Waals surface area contributed by atoms with Gasteiger partial charge in [0, 0.05) is 12.4 Å². The van der Waals surface area contributed by atoms with Gasteiger partial charge in [-0.25, -0.2) is 0 Å². The predicted molar refractivity (Wildman–Crippen MR) is 86.7 cm³/mol. The smallest absolute Gasteiger partial charge is 0.230 e. The van der Waals surface area contributed by atoms with Gasteiger partial charge >= 0.3 is 0 Å². The summed E-state index contributed by atoms with van der Waals surface area (Å²) in [6, 6.07) is 13.8. The van der Waals surface area contributed by atoms with Crippen LogP contribution in [0.5, 0.6) is 0 Å². The summed E-state index contributed by atoms with van der Waals surface area (Å²) in [5.74, 6) is 0.582. The van der Waals surface area contributed by atoms with E-state index in [1.807, 2.05) is 37.3 Å². The van der Waals surface area contributed by atoms with E-state index in [1.165, 1.54) is 0 Å². The zero-order chi connectivity index (χ0) is 15.7. The van der Waals surface area contributed by atoms with E-state index in [0.29, 0.717) is 5.76 Å². The van der Waals surface area contributed by atoms with Gasteiger partial charge in [0.05, 0.1) is 19.1 Å². The molecule has 4 heteroatoms. The number of nitrogens with zero attached hydrogens (tertiary/aromatic N) is 1. The van der Waals surface area contributed by atoms with Gasteiger partial charge in [0.2, 0.25) is 5.91 Å². The molecule has 0 unspecified atom stereocenters. The number of carbonyl (C=O) groups is 1. The molecule has 3 aromatic rings. The number of furan rings is 1. The van der Waals surface area contributed by atoms with Crippen molar-refractivity contribution in [3.8, 4) is 0 Å². The minimum absolute atomic E-state index is 0.0486. The van der Waals surface area contributed by atoms with Crippen LogP contribution in [0.1, 0.15) is 12.7 Å². The molecule has 1 N–H and O–H groups in total. The van der Waals surface area contributed by atoms with E-state index in [4.69, 9.17) is 9.52 Å². The van der Waals surface area contributed by atoms with E-state index in [1.54, 1.807) is 11.9 Å². The molecule has 0 saturated heterocycles. The van der Waals surface area contributed by atoms with E-state index < -0.39 is 0 Å². The van der Waals surface area contributed by atoms with Crippen LogP contribution in [0.4, 0.5) is 0 Å². The summed E-state index contributed by atoms with van der Waals surface area (Å²) in [7, 11) is 1.70. The minimum Gasteiger partial charge on any atom is -0.461 e. The maximum atomic E-state index is 12.2. The Balaban J connectivity index is 1.92. The molecule has 1 aromatic heterocycles. The molecule has 114 valence electrons. The normalized spacial score (nSPS) is 12.7. The van der Waals surface area contributed by atoms with Crippen molar-refractivity contribution in [3.63, 3.8) is 0 Å². The van der Waals surface area contributed by atoms with Gasteiger partial charge in [0.25, 0.3) is 0 Å². The van der Waals surface area contributed by atoms with Gasteiger partial charge in [0.15, 0.2) is 0 Å². The topological polar surface area (TPSA) is 53.7 Å². The summed E-state index contributed by atoms with van der Waals surface area (Å²) in [6.07, 6.45) is 0.198. The Labute approximate surface area is 128 Å². The van der Waals surface area contributed by atoms with Crippen molar-refractivity contribution in [2.75, 3.05) is 13.7 Å². The van der Waals surface area contributed by atoms with Gasteiger partial charge in [-0.05, 0) is 29.8 Å². The average molecular weight is 297 g/mol. The first kappa shape index (κ1) is 14.6. The van der Waals surface area contributed by atoms with E-state index in [2.05, 4.69) is 12.1 Å². The molecule has 0 bridgehead atoms. The summed E-state index contributed by atoms with van der Waals surface area (Å²) in [4.78, 5) is 13.8. The molecule has 0 aliphatic carbocycles. The summed E-state index contributed by atoms with van der Waals surface area (Å²) in [6.45, 7) is 1.76. The lowest BCUT2D eigenvalue weighted by Crippen LogP contribution is -2.38. The molecule has 4 nitrogen and oxygen atoms in total. The molecule has 3 rings (SSSR count). The maximum absolute atomic E-state index is 12.2. The van der Waals surface area contributed by atoms with Crippen molar-refractivity contribution in [1.29, 1.82) is 0 Å². The summed E-state index contributed by atoms with van der Waals surface area (Å²) in [5.41, 5.74) is 0.791. The van der Waals surface area contributed by atoms with Crippen LogP contribution in [-0.4, -0.2) is 35.6 Å². The Hall–Kier alpha value is -2.33. The fourth-order valence-corrected chi connectivity index (χ4v) is 2.57. The number of benzene rings is 2. The fraction of sp³-hybridized carbons (Fsp3) is 0.278. The first-order valence-corrected chi connectivity index (χ1v) is 7.37. The number of amides is 1. The number of aliphatic hydroxyl groups is 1. The average Bonchev–Trinajstić information content (AvgIpc) is 2.96. The molecule has 0 aliphatic rings. The monoisotopic (exact) mass is 297 g/mol. The molecule has 0 saturated carbocycles. The lowest BCUT2D eigenvalue weighted by molar-refractivity contribution is -0.131. The molecule has 0 radical (unpaired) electrons. The van der Waals surface area contributed by atoms with Crippen molar-refractivity contribution in [2.45, 2.75) is 19.4 Å². The highest BCUT2D eigenvalue weighted by Gasteiger charge is 2.17. The second-order valence-electron chi connectivity index (χ2n) is 5.62. The number of hydrogen-bond donors (Lipinski definition) is 1. The van der Waals surface area contributed by atoms with Crippen molar-refractivity contribution in [3.05, 3.63) is 48.2 Å². The zero-order valence-electron chi connectivity index (χ0n) is 12.7. The first-order valence-electron chi connectivity index (χ1n) is 7.37. The Morgan fingerprint density at radius 1 is 1.23 bits per heavy atom. The lowest BCUT2D eigenvalue weighted by Gasteiger charge is -2.22. The van der Waals surface area contributed by atoms with Crippen molar-refractivity contribution >= 4 is 27.6 Å². The van der Waals surface area contributed by atoms with Crippen LogP contribution in [0.3, 0.4) is 0 Å². The predicted octanol–water partition coefficient (Wildman–Crippen LogP) is 2.97. The van der Waals surface area contributed by atoms with Crippen LogP contribution in [0, 0.1) is 0 Å². The summed E-state index contributed by atoms with van der Waals surface area (Å²) in [5, 5.41) is 12.4. The van der Waals surface area contributed by atoms with Gasteiger partial charge in [-0.15, -0.1) is 0 Å². The molecule has 1 atom stereocenters. The lowest BCUT2D eigenvalue weighted by atomic mass is 10.1. The van der Waals surface area contributed by atoms with Crippen molar-refractivity contribution < 1.29 is 14.3 Å². The van der Waals surface area contributed by atoms with Crippen LogP contribution in [0.25, 0.3) is 21.7 Å². The van der Waals surface area contributed by atoms with Crippen LogP contribution >= 0.6 is 0 Å². The second-order valence-corrected chi connectivity index (χ2v) is 5.62. The fourth-order valence-electron chi connectivity index (χ4n) is 2.57. The third-order valence-electron chi connectivity index (χ3n) is 4.12. The molecular formula is C18H19NO3. The quantitative estimate of drug-likeness (QED) is 0.805. The van der Waals surface area contributed by atoms with Gasteiger partial charge in [-0.3, -0.25) is 4.79 Å². The van der Waals surface area contributed by atoms with Crippen LogP contribution < -0.4 is 0 Å². The third-order valence-corrected chi connectivity index (χ3v) is 4.12. The molecule has 0 spiro atoms. The number of likely N-dealkylation sites (N-methyl/N-ethyl adjacent to an activating group) is 1. The van der Waals surface area contributed by atoms with Crippen molar-refractivity contribution in [2.24, 2.45) is 0 Å². The Kier molecular flexibility index (Phi) is 3.86. The van der Waals surface area contributed by atoms with Crippen LogP contribution in [-0.2, 0) is 11.2 Å². The number of rotatable bonds is 4. The van der Waals surface area contributed by atoms with E-state index >= 15 is 0 Å². The molecule has 22 heavy (non-hydrogen) atoms. The molecule has 0 aliphatic heterocycles. The molecule has 0 fully saturated rings. The highest BCUT2D eigenvalue weighted by molar-refractivity contribution is 6.06. The molecule has 2 aromatic carbocycles. The van der Waals surface area contributed by atoms with Gasteiger partial charge in [-0.2, -0.15) is 0 Å². The zero-order valence-corrected chi connectivity index (χ0v) is 12.7. The number of carbonyl (C=O) groups excluding carboxylic acids is 1. The standard InChI is InChI=1S/C18H19NO3/c1-12(11-20)19(2)18(21)10-14-9-16-15-6-4-3-5-13(15)7-8-17(16)22-14/h3-9,12,20H,10-11H2,1-2H3/t12-/m0/s1. The largest absolute Gasteiger partial charge is 0.461 e. The highest BCUT2D eigenvalue weighted by atomic mass is 16.3.